The zero-order chi connectivity index (χ0) is 23.0. The summed E-state index contributed by atoms with van der Waals surface area (Å²) in [6, 6.07) is 8.40. The normalized spacial score (nSPS) is 12.8. The van der Waals surface area contributed by atoms with Crippen molar-refractivity contribution in [2.75, 3.05) is 0 Å². The molecule has 2 aromatic carbocycles. The molecule has 0 unspecified atom stereocenters. The molecule has 0 radical (unpaired) electrons. The summed E-state index contributed by atoms with van der Waals surface area (Å²) in [5.41, 5.74) is 5.78. The van der Waals surface area contributed by atoms with Gasteiger partial charge < -0.3 is 10.2 Å². The maximum absolute atomic E-state index is 11.4. The van der Waals surface area contributed by atoms with Crippen LogP contribution in [0.15, 0.2) is 24.3 Å². The highest BCUT2D eigenvalue weighted by Gasteiger charge is 2.29. The van der Waals surface area contributed by atoms with Gasteiger partial charge in [0, 0.05) is 17.0 Å². The molecule has 0 aliphatic rings. The maximum Gasteiger partial charge on any atom is 0.123 e. The van der Waals surface area contributed by atoms with E-state index in [1.807, 2.05) is 0 Å². The molecule has 0 atom stereocenters. The molecule has 2 nitrogen and oxygen atoms in total. The molecule has 0 aliphatic heterocycles. The number of benzene rings is 2. The van der Waals surface area contributed by atoms with Gasteiger partial charge in [0.1, 0.15) is 11.5 Å². The molecule has 30 heavy (non-hydrogen) atoms. The molecule has 0 saturated heterocycles. The Morgan fingerprint density at radius 3 is 1.33 bits per heavy atom. The zero-order valence-electron chi connectivity index (χ0n) is 20.8. The van der Waals surface area contributed by atoms with Crippen LogP contribution in [0.25, 0.3) is 0 Å². The fourth-order valence-corrected chi connectivity index (χ4v) is 4.27. The van der Waals surface area contributed by atoms with Crippen molar-refractivity contribution in [3.63, 3.8) is 0 Å². The Morgan fingerprint density at radius 1 is 0.667 bits per heavy atom. The van der Waals surface area contributed by atoms with E-state index in [9.17, 15) is 10.2 Å². The van der Waals surface area contributed by atoms with Crippen LogP contribution in [0.2, 0.25) is 0 Å². The topological polar surface area (TPSA) is 40.5 Å². The summed E-state index contributed by atoms with van der Waals surface area (Å²) < 4.78 is 0. The van der Waals surface area contributed by atoms with Gasteiger partial charge in [-0.2, -0.15) is 0 Å². The Hall–Kier alpha value is -1.96. The number of aryl methyl sites for hydroxylation is 2. The Morgan fingerprint density at radius 2 is 1.03 bits per heavy atom. The zero-order valence-corrected chi connectivity index (χ0v) is 20.8. The monoisotopic (exact) mass is 410 g/mol. The van der Waals surface area contributed by atoms with Crippen molar-refractivity contribution in [1.29, 1.82) is 0 Å². The molecule has 166 valence electrons. The third-order valence-corrected chi connectivity index (χ3v) is 5.97. The van der Waals surface area contributed by atoms with Crippen LogP contribution in [0.5, 0.6) is 11.5 Å². The van der Waals surface area contributed by atoms with Crippen LogP contribution in [-0.2, 0) is 10.8 Å². The molecule has 0 fully saturated rings. The molecule has 2 aromatic rings. The van der Waals surface area contributed by atoms with Crippen molar-refractivity contribution < 1.29 is 10.2 Å². The van der Waals surface area contributed by atoms with Gasteiger partial charge in [-0.15, -0.1) is 0 Å². The molecule has 0 saturated carbocycles. The van der Waals surface area contributed by atoms with Gasteiger partial charge in [0.15, 0.2) is 0 Å². The number of phenolic OH excluding ortho intramolecular Hbond substituents is 2. The van der Waals surface area contributed by atoms with Gasteiger partial charge in [0.2, 0.25) is 0 Å². The molecular weight excluding hydrogens is 368 g/mol. The van der Waals surface area contributed by atoms with Crippen molar-refractivity contribution in [3.8, 4) is 11.5 Å². The van der Waals surface area contributed by atoms with Crippen LogP contribution in [0.3, 0.4) is 0 Å². The van der Waals surface area contributed by atoms with Crippen LogP contribution in [0, 0.1) is 19.8 Å². The smallest absolute Gasteiger partial charge is 0.123 e. The Balaban J connectivity index is 2.80. The van der Waals surface area contributed by atoms with E-state index in [2.05, 4.69) is 93.5 Å². The van der Waals surface area contributed by atoms with Crippen molar-refractivity contribution in [2.45, 2.75) is 98.8 Å². The largest absolute Gasteiger partial charge is 0.507 e. The summed E-state index contributed by atoms with van der Waals surface area (Å²) in [6.45, 7) is 21.4. The first-order valence-electron chi connectivity index (χ1n) is 11.3. The predicted molar refractivity (Wildman–Crippen MR) is 129 cm³/mol. The predicted octanol–water partition coefficient (Wildman–Crippen LogP) is 7.88. The van der Waals surface area contributed by atoms with Crippen molar-refractivity contribution in [1.82, 2.24) is 0 Å². The SMILES string of the molecule is Cc1cc(C(CCC(C)C)c2cc(C)cc(C(C)(C)C)c2O)c(O)c(C(C)(C)C)c1. The summed E-state index contributed by atoms with van der Waals surface area (Å²) in [6.07, 6.45) is 1.92. The minimum atomic E-state index is -0.154. The van der Waals surface area contributed by atoms with E-state index in [4.69, 9.17) is 0 Å². The van der Waals surface area contributed by atoms with Crippen LogP contribution in [0.4, 0.5) is 0 Å². The molecule has 0 spiro atoms. The summed E-state index contributed by atoms with van der Waals surface area (Å²) in [5, 5.41) is 22.7. The Kier molecular flexibility index (Phi) is 7.01. The van der Waals surface area contributed by atoms with E-state index >= 15 is 0 Å². The minimum absolute atomic E-state index is 0.0469. The van der Waals surface area contributed by atoms with Gasteiger partial charge in [-0.05, 0) is 48.1 Å². The number of hydrogen-bond donors (Lipinski definition) is 2. The maximum atomic E-state index is 11.4. The average molecular weight is 411 g/mol. The van der Waals surface area contributed by atoms with Gasteiger partial charge in [-0.3, -0.25) is 0 Å². The lowest BCUT2D eigenvalue weighted by Crippen LogP contribution is -2.16. The molecule has 0 heterocycles. The first kappa shape index (κ1) is 24.3. The van der Waals surface area contributed by atoms with Crippen LogP contribution >= 0.6 is 0 Å². The second-order valence-electron chi connectivity index (χ2n) is 11.5. The highest BCUT2D eigenvalue weighted by Crippen LogP contribution is 2.46. The van der Waals surface area contributed by atoms with E-state index in [0.29, 0.717) is 17.4 Å². The Bertz CT molecular complexity index is 823. The summed E-state index contributed by atoms with van der Waals surface area (Å²) in [5.74, 6) is 1.25. The molecular formula is C28H42O2. The number of aromatic hydroxyl groups is 2. The fourth-order valence-electron chi connectivity index (χ4n) is 4.27. The van der Waals surface area contributed by atoms with E-state index in [-0.39, 0.29) is 16.7 Å². The highest BCUT2D eigenvalue weighted by molar-refractivity contribution is 5.56. The Labute approximate surface area is 184 Å². The lowest BCUT2D eigenvalue weighted by molar-refractivity contribution is 0.419. The molecule has 0 aliphatic carbocycles. The van der Waals surface area contributed by atoms with Crippen LogP contribution < -0.4 is 0 Å². The molecule has 0 amide bonds. The lowest BCUT2D eigenvalue weighted by Gasteiger charge is -2.29. The third-order valence-electron chi connectivity index (χ3n) is 5.97. The van der Waals surface area contributed by atoms with Crippen LogP contribution in [-0.4, -0.2) is 10.2 Å². The van der Waals surface area contributed by atoms with Gasteiger partial charge in [-0.25, -0.2) is 0 Å². The van der Waals surface area contributed by atoms with E-state index in [1.165, 1.54) is 0 Å². The van der Waals surface area contributed by atoms with E-state index < -0.39 is 0 Å². The fraction of sp³-hybridized carbons (Fsp3) is 0.571. The second-order valence-corrected chi connectivity index (χ2v) is 11.5. The first-order valence-corrected chi connectivity index (χ1v) is 11.3. The molecule has 2 N–H and O–H groups in total. The quantitative estimate of drug-likeness (QED) is 0.526. The molecule has 2 rings (SSSR count). The second kappa shape index (κ2) is 8.65. The lowest BCUT2D eigenvalue weighted by atomic mass is 9.76. The van der Waals surface area contributed by atoms with Gasteiger partial charge in [-0.1, -0.05) is 97.2 Å². The molecule has 2 heteroatoms. The van der Waals surface area contributed by atoms with Gasteiger partial charge in [0.25, 0.3) is 0 Å². The van der Waals surface area contributed by atoms with E-state index in [1.54, 1.807) is 0 Å². The number of hydrogen-bond acceptors (Lipinski definition) is 2. The summed E-state index contributed by atoms with van der Waals surface area (Å²) in [7, 11) is 0. The van der Waals surface area contributed by atoms with E-state index in [0.717, 1.165) is 46.2 Å². The summed E-state index contributed by atoms with van der Waals surface area (Å²) in [4.78, 5) is 0. The van der Waals surface area contributed by atoms with Crippen molar-refractivity contribution in [3.05, 3.63) is 57.6 Å². The third kappa shape index (κ3) is 5.39. The first-order chi connectivity index (χ1) is 13.6. The summed E-state index contributed by atoms with van der Waals surface area (Å²) >= 11 is 0. The molecule has 0 bridgehead atoms. The van der Waals surface area contributed by atoms with Crippen molar-refractivity contribution >= 4 is 0 Å². The number of phenols is 2. The highest BCUT2D eigenvalue weighted by atomic mass is 16.3. The van der Waals surface area contributed by atoms with Gasteiger partial charge >= 0.3 is 0 Å². The average Bonchev–Trinajstić information content (AvgIpc) is 2.57. The number of rotatable bonds is 5. The minimum Gasteiger partial charge on any atom is -0.507 e. The van der Waals surface area contributed by atoms with Crippen LogP contribution in [0.1, 0.15) is 108 Å². The molecule has 0 aromatic heterocycles. The standard InChI is InChI=1S/C28H42O2/c1-17(2)11-12-20(21-13-18(3)15-23(25(21)29)27(5,6)7)22-14-19(4)16-24(26(22)30)28(8,9)10/h13-17,20,29-30H,11-12H2,1-10H3. The van der Waals surface area contributed by atoms with Gasteiger partial charge in [0.05, 0.1) is 0 Å². The van der Waals surface area contributed by atoms with Crippen molar-refractivity contribution in [2.24, 2.45) is 5.92 Å².